The lowest BCUT2D eigenvalue weighted by molar-refractivity contribution is 1.23. The summed E-state index contributed by atoms with van der Waals surface area (Å²) in [5, 5.41) is 2.35. The molecular weight excluding hydrogens is 308 g/mol. The normalized spacial score (nSPS) is 10.9. The van der Waals surface area contributed by atoms with Gasteiger partial charge in [0.1, 0.15) is 0 Å². The maximum atomic E-state index is 5.74. The van der Waals surface area contributed by atoms with Crippen LogP contribution in [0.25, 0.3) is 10.9 Å². The van der Waals surface area contributed by atoms with E-state index in [1.807, 2.05) is 30.3 Å². The van der Waals surface area contributed by atoms with Crippen LogP contribution in [0.2, 0.25) is 0 Å². The largest absolute Gasteiger partial charge is 0.399 e. The molecule has 4 heteroatoms. The van der Waals surface area contributed by atoms with Crippen molar-refractivity contribution >= 4 is 44.3 Å². The quantitative estimate of drug-likeness (QED) is 0.674. The van der Waals surface area contributed by atoms with Crippen molar-refractivity contribution in [3.8, 4) is 0 Å². The van der Waals surface area contributed by atoms with E-state index in [0.29, 0.717) is 0 Å². The molecule has 0 bridgehead atoms. The van der Waals surface area contributed by atoms with Crippen molar-refractivity contribution < 1.29 is 0 Å². The topological polar surface area (TPSA) is 41.8 Å². The van der Waals surface area contributed by atoms with Crippen LogP contribution >= 0.6 is 27.7 Å². The Morgan fingerprint density at radius 2 is 1.89 bits per heavy atom. The number of H-pyrrole nitrogens is 1. The lowest BCUT2D eigenvalue weighted by atomic mass is 10.3. The Kier molecular flexibility index (Phi) is 3.06. The fraction of sp³-hybridized carbons (Fsp3) is 0. The molecule has 2 nitrogen and oxygen atoms in total. The van der Waals surface area contributed by atoms with Gasteiger partial charge < -0.3 is 10.7 Å². The lowest BCUT2D eigenvalue weighted by Gasteiger charge is -2.03. The van der Waals surface area contributed by atoms with Gasteiger partial charge in [0.15, 0.2) is 0 Å². The van der Waals surface area contributed by atoms with E-state index < -0.39 is 0 Å². The first kappa shape index (κ1) is 11.7. The number of hydrogen-bond acceptors (Lipinski definition) is 2. The molecule has 3 rings (SSSR count). The van der Waals surface area contributed by atoms with Crippen molar-refractivity contribution in [2.45, 2.75) is 9.92 Å². The number of fused-ring (bicyclic) bond motifs is 1. The van der Waals surface area contributed by atoms with Gasteiger partial charge >= 0.3 is 0 Å². The molecule has 0 fully saturated rings. The van der Waals surface area contributed by atoms with Gasteiger partial charge in [0.05, 0.1) is 5.03 Å². The summed E-state index contributed by atoms with van der Waals surface area (Å²) >= 11 is 5.22. The summed E-state index contributed by atoms with van der Waals surface area (Å²) in [6, 6.07) is 16.3. The Hall–Kier alpha value is -1.39. The van der Waals surface area contributed by atoms with Crippen molar-refractivity contribution in [1.29, 1.82) is 0 Å². The number of para-hydroxylation sites is 1. The number of aromatic nitrogens is 1. The van der Waals surface area contributed by atoms with E-state index in [9.17, 15) is 0 Å². The van der Waals surface area contributed by atoms with Crippen LogP contribution in [0.5, 0.6) is 0 Å². The van der Waals surface area contributed by atoms with Gasteiger partial charge in [-0.2, -0.15) is 0 Å². The summed E-state index contributed by atoms with van der Waals surface area (Å²) in [4.78, 5) is 4.55. The van der Waals surface area contributed by atoms with Crippen LogP contribution in [0.4, 0.5) is 5.69 Å². The van der Waals surface area contributed by atoms with E-state index in [1.54, 1.807) is 11.8 Å². The van der Waals surface area contributed by atoms with Gasteiger partial charge in [-0.25, -0.2) is 0 Å². The molecule has 3 aromatic rings. The number of halogens is 1. The number of anilines is 1. The molecule has 0 radical (unpaired) electrons. The maximum absolute atomic E-state index is 5.74. The number of nitrogens with one attached hydrogen (secondary N) is 1. The zero-order valence-electron chi connectivity index (χ0n) is 9.48. The van der Waals surface area contributed by atoms with E-state index >= 15 is 0 Å². The van der Waals surface area contributed by atoms with E-state index in [0.717, 1.165) is 25.6 Å². The highest BCUT2D eigenvalue weighted by Crippen LogP contribution is 2.35. The van der Waals surface area contributed by atoms with Gasteiger partial charge in [-0.15, -0.1) is 0 Å². The van der Waals surface area contributed by atoms with E-state index in [2.05, 4.69) is 39.1 Å². The van der Waals surface area contributed by atoms with Crippen LogP contribution < -0.4 is 5.73 Å². The van der Waals surface area contributed by atoms with Gasteiger partial charge in [-0.3, -0.25) is 0 Å². The molecule has 18 heavy (non-hydrogen) atoms. The number of hydrogen-bond donors (Lipinski definition) is 2. The Labute approximate surface area is 118 Å². The summed E-state index contributed by atoms with van der Waals surface area (Å²) in [5.41, 5.74) is 7.66. The van der Waals surface area contributed by atoms with Gasteiger partial charge in [0.2, 0.25) is 0 Å². The van der Waals surface area contributed by atoms with Gasteiger partial charge in [0.25, 0.3) is 0 Å². The van der Waals surface area contributed by atoms with E-state index in [-0.39, 0.29) is 0 Å². The van der Waals surface area contributed by atoms with Gasteiger partial charge in [-0.1, -0.05) is 30.0 Å². The average Bonchev–Trinajstić information content (AvgIpc) is 2.75. The smallest absolute Gasteiger partial charge is 0.0781 e. The highest BCUT2D eigenvalue weighted by Gasteiger charge is 2.05. The fourth-order valence-electron chi connectivity index (χ4n) is 1.82. The monoisotopic (exact) mass is 318 g/mol. The molecule has 2 aromatic carbocycles. The number of benzene rings is 2. The molecule has 0 saturated heterocycles. The Bertz CT molecular complexity index is 673. The Morgan fingerprint density at radius 1 is 1.06 bits per heavy atom. The van der Waals surface area contributed by atoms with Crippen LogP contribution in [0.3, 0.4) is 0 Å². The lowest BCUT2D eigenvalue weighted by Crippen LogP contribution is -1.84. The number of aromatic amines is 1. The minimum atomic E-state index is 0.767. The molecule has 0 amide bonds. The highest BCUT2D eigenvalue weighted by molar-refractivity contribution is 9.10. The van der Waals surface area contributed by atoms with Crippen LogP contribution in [0.1, 0.15) is 0 Å². The Balaban J connectivity index is 1.96. The average molecular weight is 319 g/mol. The standard InChI is InChI=1S/C14H11BrN2S/c15-11-8-10(16)5-6-13(11)18-14-7-9-3-1-2-4-12(9)17-14/h1-8,17H,16H2. The molecule has 0 aliphatic carbocycles. The van der Waals surface area contributed by atoms with Crippen molar-refractivity contribution in [1.82, 2.24) is 4.98 Å². The Morgan fingerprint density at radius 3 is 2.67 bits per heavy atom. The predicted octanol–water partition coefficient (Wildman–Crippen LogP) is 4.66. The maximum Gasteiger partial charge on any atom is 0.0781 e. The van der Waals surface area contributed by atoms with Crippen LogP contribution in [0.15, 0.2) is 62.9 Å². The summed E-state index contributed by atoms with van der Waals surface area (Å²) in [5.74, 6) is 0. The second kappa shape index (κ2) is 4.71. The molecule has 0 spiro atoms. The van der Waals surface area contributed by atoms with E-state index in [4.69, 9.17) is 5.73 Å². The van der Waals surface area contributed by atoms with Crippen molar-refractivity contribution in [3.63, 3.8) is 0 Å². The van der Waals surface area contributed by atoms with Crippen LogP contribution in [0, 0.1) is 0 Å². The third-order valence-electron chi connectivity index (χ3n) is 2.68. The molecule has 0 unspecified atom stereocenters. The summed E-state index contributed by atoms with van der Waals surface area (Å²) in [6.45, 7) is 0. The molecular formula is C14H11BrN2S. The molecule has 3 N–H and O–H groups in total. The zero-order valence-corrected chi connectivity index (χ0v) is 11.9. The third-order valence-corrected chi connectivity index (χ3v) is 4.62. The molecule has 1 heterocycles. The highest BCUT2D eigenvalue weighted by atomic mass is 79.9. The van der Waals surface area contributed by atoms with Crippen molar-refractivity contribution in [3.05, 3.63) is 53.0 Å². The third kappa shape index (κ3) is 2.26. The first-order valence-corrected chi connectivity index (χ1v) is 7.14. The summed E-state index contributed by atoms with van der Waals surface area (Å²) in [6.07, 6.45) is 0. The summed E-state index contributed by atoms with van der Waals surface area (Å²) in [7, 11) is 0. The zero-order chi connectivity index (χ0) is 12.5. The molecule has 0 saturated carbocycles. The second-order valence-electron chi connectivity index (χ2n) is 4.01. The first-order valence-electron chi connectivity index (χ1n) is 5.53. The van der Waals surface area contributed by atoms with Crippen LogP contribution in [-0.2, 0) is 0 Å². The molecule has 90 valence electrons. The molecule has 0 aliphatic rings. The summed E-state index contributed by atoms with van der Waals surface area (Å²) < 4.78 is 1.02. The predicted molar refractivity (Wildman–Crippen MR) is 81.0 cm³/mol. The first-order chi connectivity index (χ1) is 8.72. The molecule has 1 aromatic heterocycles. The molecule has 0 atom stereocenters. The van der Waals surface area contributed by atoms with Gasteiger partial charge in [0, 0.05) is 26.0 Å². The van der Waals surface area contributed by atoms with Crippen LogP contribution in [-0.4, -0.2) is 4.98 Å². The number of nitrogen functional groups attached to an aromatic ring is 1. The van der Waals surface area contributed by atoms with Crippen molar-refractivity contribution in [2.75, 3.05) is 5.73 Å². The number of nitrogens with two attached hydrogens (primary N) is 1. The minimum absolute atomic E-state index is 0.767. The molecule has 0 aliphatic heterocycles. The van der Waals surface area contributed by atoms with Crippen molar-refractivity contribution in [2.24, 2.45) is 0 Å². The minimum Gasteiger partial charge on any atom is -0.399 e. The number of rotatable bonds is 2. The fourth-order valence-corrected chi connectivity index (χ4v) is 3.34. The SMILES string of the molecule is Nc1ccc(Sc2cc3ccccc3[nH]2)c(Br)c1. The second-order valence-corrected chi connectivity index (χ2v) is 5.95. The van der Waals surface area contributed by atoms with Gasteiger partial charge in [-0.05, 0) is 46.3 Å². The van der Waals surface area contributed by atoms with E-state index in [1.165, 1.54) is 5.39 Å².